The average Bonchev–Trinajstić information content (AvgIpc) is 2.45. The molecule has 0 fully saturated rings. The summed E-state index contributed by atoms with van der Waals surface area (Å²) >= 11 is 0. The van der Waals surface area contributed by atoms with Gasteiger partial charge >= 0.3 is 0 Å². The van der Waals surface area contributed by atoms with Crippen molar-refractivity contribution in [1.82, 2.24) is 0 Å². The Kier molecular flexibility index (Phi) is 8.20. The third-order valence-electron chi connectivity index (χ3n) is 3.04. The number of rotatable bonds is 10. The van der Waals surface area contributed by atoms with E-state index >= 15 is 0 Å². The summed E-state index contributed by atoms with van der Waals surface area (Å²) in [6.07, 6.45) is 9.94. The number of carboxylic acid groups (broad SMARTS) is 1. The first kappa shape index (κ1) is 16.3. The number of unbranched alkanes of at least 4 members (excludes halogenated alkanes) is 5. The summed E-state index contributed by atoms with van der Waals surface area (Å²) in [6, 6.07) is 7.40. The zero-order chi connectivity index (χ0) is 14.6. The van der Waals surface area contributed by atoms with E-state index in [2.05, 4.69) is 6.92 Å². The summed E-state index contributed by atoms with van der Waals surface area (Å²) in [7, 11) is 0. The first-order valence-corrected chi connectivity index (χ1v) is 7.34. The van der Waals surface area contributed by atoms with Crippen LogP contribution >= 0.6 is 0 Å². The first-order valence-electron chi connectivity index (χ1n) is 7.34. The molecule has 0 saturated heterocycles. The van der Waals surface area contributed by atoms with E-state index in [1.807, 2.05) is 24.3 Å². The third kappa shape index (κ3) is 7.62. The van der Waals surface area contributed by atoms with Gasteiger partial charge in [0.25, 0.3) is 0 Å². The lowest BCUT2D eigenvalue weighted by Crippen LogP contribution is -2.18. The molecular weight excluding hydrogens is 252 g/mol. The van der Waals surface area contributed by atoms with Crippen molar-refractivity contribution in [3.8, 4) is 5.75 Å². The van der Waals surface area contributed by atoms with Gasteiger partial charge in [-0.05, 0) is 30.2 Å². The molecule has 0 amide bonds. The lowest BCUT2D eigenvalue weighted by molar-refractivity contribution is -0.297. The fourth-order valence-electron chi connectivity index (χ4n) is 1.94. The van der Waals surface area contributed by atoms with Gasteiger partial charge in [0, 0.05) is 0 Å². The predicted octanol–water partition coefficient (Wildman–Crippen LogP) is 3.19. The second-order valence-corrected chi connectivity index (χ2v) is 4.84. The monoisotopic (exact) mass is 275 g/mol. The van der Waals surface area contributed by atoms with Crippen molar-refractivity contribution < 1.29 is 14.6 Å². The van der Waals surface area contributed by atoms with Crippen molar-refractivity contribution in [3.63, 3.8) is 0 Å². The molecule has 1 rings (SSSR count). The zero-order valence-electron chi connectivity index (χ0n) is 12.1. The highest BCUT2D eigenvalue weighted by molar-refractivity contribution is 5.83. The Bertz CT molecular complexity index is 424. The molecule has 110 valence electrons. The number of carbonyl (C=O) groups is 1. The van der Waals surface area contributed by atoms with E-state index in [1.165, 1.54) is 38.2 Å². The van der Waals surface area contributed by atoms with Gasteiger partial charge in [0.15, 0.2) is 0 Å². The second-order valence-electron chi connectivity index (χ2n) is 4.84. The topological polar surface area (TPSA) is 49.4 Å². The highest BCUT2D eigenvalue weighted by Crippen LogP contribution is 2.15. The summed E-state index contributed by atoms with van der Waals surface area (Å²) in [6.45, 7) is 2.92. The number of hydrogen-bond donors (Lipinski definition) is 0. The summed E-state index contributed by atoms with van der Waals surface area (Å²) < 4.78 is 5.66. The van der Waals surface area contributed by atoms with Gasteiger partial charge in [-0.2, -0.15) is 0 Å². The molecule has 3 heteroatoms. The molecule has 0 aromatic heterocycles. The van der Waals surface area contributed by atoms with Crippen LogP contribution in [0.25, 0.3) is 6.08 Å². The first-order chi connectivity index (χ1) is 9.72. The van der Waals surface area contributed by atoms with Crippen LogP contribution in [0.2, 0.25) is 0 Å². The van der Waals surface area contributed by atoms with Crippen LogP contribution in [-0.4, -0.2) is 12.6 Å². The van der Waals surface area contributed by atoms with Crippen molar-refractivity contribution in [3.05, 3.63) is 35.9 Å². The van der Waals surface area contributed by atoms with Gasteiger partial charge in [-0.15, -0.1) is 0 Å². The molecule has 0 saturated carbocycles. The van der Waals surface area contributed by atoms with E-state index in [0.29, 0.717) is 6.61 Å². The van der Waals surface area contributed by atoms with Crippen LogP contribution in [0.3, 0.4) is 0 Å². The Morgan fingerprint density at radius 1 is 1.20 bits per heavy atom. The summed E-state index contributed by atoms with van der Waals surface area (Å²) in [5.74, 6) is -0.414. The minimum Gasteiger partial charge on any atom is -0.545 e. The smallest absolute Gasteiger partial charge is 0.119 e. The van der Waals surface area contributed by atoms with Gasteiger partial charge in [0.05, 0.1) is 12.6 Å². The molecule has 0 N–H and O–H groups in total. The van der Waals surface area contributed by atoms with E-state index < -0.39 is 5.97 Å². The highest BCUT2D eigenvalue weighted by atomic mass is 16.5. The standard InChI is InChI=1S/C17H24O3/c1-2-3-4-5-6-7-13-20-16-10-8-9-15(14-16)11-12-17(18)19/h8-12,14H,2-7,13H2,1H3,(H,18,19)/p-1/b12-11+. The molecule has 20 heavy (non-hydrogen) atoms. The van der Waals surface area contributed by atoms with E-state index in [9.17, 15) is 9.90 Å². The normalized spacial score (nSPS) is 10.8. The quantitative estimate of drug-likeness (QED) is 0.486. The minimum atomic E-state index is -1.19. The Morgan fingerprint density at radius 2 is 1.95 bits per heavy atom. The number of hydrogen-bond acceptors (Lipinski definition) is 3. The van der Waals surface area contributed by atoms with E-state index in [4.69, 9.17) is 4.74 Å². The molecule has 0 aliphatic rings. The molecule has 0 unspecified atom stereocenters. The largest absolute Gasteiger partial charge is 0.545 e. The molecule has 0 atom stereocenters. The molecule has 0 radical (unpaired) electrons. The lowest BCUT2D eigenvalue weighted by atomic mass is 10.1. The molecule has 0 bridgehead atoms. The van der Waals surface area contributed by atoms with Gasteiger partial charge in [-0.3, -0.25) is 0 Å². The minimum absolute atomic E-state index is 0.708. The fraction of sp³-hybridized carbons (Fsp3) is 0.471. The Balaban J connectivity index is 2.26. The molecule has 3 nitrogen and oxygen atoms in total. The highest BCUT2D eigenvalue weighted by Gasteiger charge is 1.95. The van der Waals surface area contributed by atoms with Crippen molar-refractivity contribution in [2.75, 3.05) is 6.61 Å². The number of benzene rings is 1. The zero-order valence-corrected chi connectivity index (χ0v) is 12.1. The van der Waals surface area contributed by atoms with Gasteiger partial charge < -0.3 is 14.6 Å². The van der Waals surface area contributed by atoms with Crippen LogP contribution in [0.15, 0.2) is 30.3 Å². The van der Waals surface area contributed by atoms with Crippen LogP contribution in [0.1, 0.15) is 51.0 Å². The summed E-state index contributed by atoms with van der Waals surface area (Å²) in [5.41, 5.74) is 0.801. The Morgan fingerprint density at radius 3 is 2.70 bits per heavy atom. The molecule has 1 aromatic carbocycles. The maximum atomic E-state index is 10.3. The molecule has 0 heterocycles. The van der Waals surface area contributed by atoms with Gasteiger partial charge in [-0.1, -0.05) is 57.2 Å². The van der Waals surface area contributed by atoms with E-state index in [1.54, 1.807) is 0 Å². The van der Waals surface area contributed by atoms with Gasteiger partial charge in [0.1, 0.15) is 5.75 Å². The fourth-order valence-corrected chi connectivity index (χ4v) is 1.94. The number of carbonyl (C=O) groups excluding carboxylic acids is 1. The van der Waals surface area contributed by atoms with Crippen LogP contribution in [0.4, 0.5) is 0 Å². The molecule has 0 aliphatic carbocycles. The third-order valence-corrected chi connectivity index (χ3v) is 3.04. The molecule has 0 spiro atoms. The average molecular weight is 275 g/mol. The van der Waals surface area contributed by atoms with Crippen LogP contribution in [0.5, 0.6) is 5.75 Å². The van der Waals surface area contributed by atoms with Crippen LogP contribution in [-0.2, 0) is 4.79 Å². The van der Waals surface area contributed by atoms with E-state index in [-0.39, 0.29) is 0 Å². The maximum Gasteiger partial charge on any atom is 0.119 e. The van der Waals surface area contributed by atoms with E-state index in [0.717, 1.165) is 23.8 Å². The van der Waals surface area contributed by atoms with Crippen molar-refractivity contribution in [1.29, 1.82) is 0 Å². The number of ether oxygens (including phenoxy) is 1. The van der Waals surface area contributed by atoms with Crippen molar-refractivity contribution >= 4 is 12.0 Å². The van der Waals surface area contributed by atoms with Gasteiger partial charge in [-0.25, -0.2) is 0 Å². The Hall–Kier alpha value is -1.77. The number of carboxylic acids is 1. The Labute approximate surface area is 121 Å². The van der Waals surface area contributed by atoms with Crippen molar-refractivity contribution in [2.24, 2.45) is 0 Å². The lowest BCUT2D eigenvalue weighted by Gasteiger charge is -2.07. The van der Waals surface area contributed by atoms with Gasteiger partial charge in [0.2, 0.25) is 0 Å². The SMILES string of the molecule is CCCCCCCCOc1cccc(/C=C/C(=O)[O-])c1. The predicted molar refractivity (Wildman–Crippen MR) is 79.4 cm³/mol. The number of aliphatic carboxylic acids is 1. The summed E-state index contributed by atoms with van der Waals surface area (Å²) in [4.78, 5) is 10.3. The van der Waals surface area contributed by atoms with Crippen LogP contribution in [0, 0.1) is 0 Å². The van der Waals surface area contributed by atoms with Crippen molar-refractivity contribution in [2.45, 2.75) is 45.4 Å². The molecular formula is C17H23O3-. The molecule has 1 aromatic rings. The second kappa shape index (κ2) is 10.1. The maximum absolute atomic E-state index is 10.3. The summed E-state index contributed by atoms with van der Waals surface area (Å²) in [5, 5.41) is 10.3. The molecule has 0 aliphatic heterocycles. The van der Waals surface area contributed by atoms with Crippen LogP contribution < -0.4 is 9.84 Å².